The van der Waals surface area contributed by atoms with E-state index in [4.69, 9.17) is 9.84 Å². The predicted octanol–water partition coefficient (Wildman–Crippen LogP) is 2.53. The summed E-state index contributed by atoms with van der Waals surface area (Å²) in [6.07, 6.45) is 1.63. The molecule has 5 nitrogen and oxygen atoms in total. The van der Waals surface area contributed by atoms with Crippen LogP contribution in [0.5, 0.6) is 5.75 Å². The van der Waals surface area contributed by atoms with E-state index >= 15 is 0 Å². The monoisotopic (exact) mass is 244 g/mol. The normalized spacial score (nSPS) is 9.83. The van der Waals surface area contributed by atoms with Crippen molar-refractivity contribution < 1.29 is 14.6 Å². The standard InChI is InChI=1S/C13H12N2O3/c1-18-9-5-6-10(13(16)17)11(8-9)15-12-4-2-3-7-14-12/h2-8H,1H3,(H,14,15)(H,16,17). The zero-order chi connectivity index (χ0) is 13.0. The highest BCUT2D eigenvalue weighted by Gasteiger charge is 2.11. The van der Waals surface area contributed by atoms with Gasteiger partial charge in [-0.05, 0) is 24.3 Å². The quantitative estimate of drug-likeness (QED) is 0.864. The van der Waals surface area contributed by atoms with E-state index < -0.39 is 5.97 Å². The highest BCUT2D eigenvalue weighted by atomic mass is 16.5. The van der Waals surface area contributed by atoms with Gasteiger partial charge >= 0.3 is 5.97 Å². The summed E-state index contributed by atoms with van der Waals surface area (Å²) in [6.45, 7) is 0. The number of carboxylic acids is 1. The number of nitrogens with one attached hydrogen (secondary N) is 1. The molecule has 1 heterocycles. The molecule has 0 spiro atoms. The minimum absolute atomic E-state index is 0.168. The summed E-state index contributed by atoms with van der Waals surface area (Å²) < 4.78 is 5.07. The predicted molar refractivity (Wildman–Crippen MR) is 67.5 cm³/mol. The van der Waals surface area contributed by atoms with E-state index in [0.29, 0.717) is 17.3 Å². The molecule has 2 aromatic rings. The number of rotatable bonds is 4. The summed E-state index contributed by atoms with van der Waals surface area (Å²) in [6, 6.07) is 10.1. The van der Waals surface area contributed by atoms with Crippen LogP contribution in [0.2, 0.25) is 0 Å². The Morgan fingerprint density at radius 3 is 2.78 bits per heavy atom. The Hall–Kier alpha value is -2.56. The van der Waals surface area contributed by atoms with Crippen LogP contribution in [0, 0.1) is 0 Å². The number of hydrogen-bond acceptors (Lipinski definition) is 4. The first-order valence-corrected chi connectivity index (χ1v) is 5.30. The molecule has 0 aliphatic heterocycles. The second-order valence-corrected chi connectivity index (χ2v) is 3.56. The molecular weight excluding hydrogens is 232 g/mol. The number of carboxylic acid groups (broad SMARTS) is 1. The summed E-state index contributed by atoms with van der Waals surface area (Å²) in [5.41, 5.74) is 0.613. The molecule has 0 fully saturated rings. The molecule has 0 amide bonds. The van der Waals surface area contributed by atoms with E-state index in [2.05, 4.69) is 10.3 Å². The lowest BCUT2D eigenvalue weighted by molar-refractivity contribution is 0.0698. The van der Waals surface area contributed by atoms with Crippen molar-refractivity contribution in [1.29, 1.82) is 0 Å². The van der Waals surface area contributed by atoms with Gasteiger partial charge in [0.2, 0.25) is 0 Å². The average molecular weight is 244 g/mol. The number of anilines is 2. The molecule has 0 unspecified atom stereocenters. The topological polar surface area (TPSA) is 71.5 Å². The number of pyridine rings is 1. The van der Waals surface area contributed by atoms with Gasteiger partial charge in [0.05, 0.1) is 18.4 Å². The molecule has 0 radical (unpaired) electrons. The maximum absolute atomic E-state index is 11.1. The second-order valence-electron chi connectivity index (χ2n) is 3.56. The van der Waals surface area contributed by atoms with E-state index in [1.807, 2.05) is 6.07 Å². The number of benzene rings is 1. The van der Waals surface area contributed by atoms with Crippen LogP contribution >= 0.6 is 0 Å². The van der Waals surface area contributed by atoms with Crippen LogP contribution in [0.25, 0.3) is 0 Å². The van der Waals surface area contributed by atoms with Crippen molar-refractivity contribution in [1.82, 2.24) is 4.98 Å². The number of carbonyl (C=O) groups is 1. The Morgan fingerprint density at radius 1 is 1.33 bits per heavy atom. The van der Waals surface area contributed by atoms with Gasteiger partial charge in [-0.3, -0.25) is 0 Å². The van der Waals surface area contributed by atoms with Crippen molar-refractivity contribution in [2.75, 3.05) is 12.4 Å². The number of aromatic nitrogens is 1. The molecule has 92 valence electrons. The molecule has 5 heteroatoms. The summed E-state index contributed by atoms with van der Waals surface area (Å²) >= 11 is 0. The van der Waals surface area contributed by atoms with E-state index in [1.165, 1.54) is 13.2 Å². The zero-order valence-electron chi connectivity index (χ0n) is 9.75. The van der Waals surface area contributed by atoms with E-state index in [-0.39, 0.29) is 5.56 Å². The third kappa shape index (κ3) is 2.57. The second kappa shape index (κ2) is 5.18. The van der Waals surface area contributed by atoms with Gasteiger partial charge in [-0.15, -0.1) is 0 Å². The molecule has 0 atom stereocenters. The first-order valence-electron chi connectivity index (χ1n) is 5.30. The Kier molecular flexibility index (Phi) is 3.43. The molecule has 18 heavy (non-hydrogen) atoms. The molecule has 1 aromatic heterocycles. The van der Waals surface area contributed by atoms with Crippen LogP contribution in [0.15, 0.2) is 42.6 Å². The minimum Gasteiger partial charge on any atom is -0.497 e. The zero-order valence-corrected chi connectivity index (χ0v) is 9.75. The molecule has 0 aliphatic rings. The molecular formula is C13H12N2O3. The maximum Gasteiger partial charge on any atom is 0.337 e. The van der Waals surface area contributed by atoms with Crippen LogP contribution in [0.4, 0.5) is 11.5 Å². The molecule has 1 aromatic carbocycles. The maximum atomic E-state index is 11.1. The molecule has 2 rings (SSSR count). The lowest BCUT2D eigenvalue weighted by atomic mass is 10.1. The van der Waals surface area contributed by atoms with Crippen molar-refractivity contribution >= 4 is 17.5 Å². The van der Waals surface area contributed by atoms with Crippen molar-refractivity contribution in [3.8, 4) is 5.75 Å². The van der Waals surface area contributed by atoms with Crippen LogP contribution in [-0.2, 0) is 0 Å². The van der Waals surface area contributed by atoms with Crippen molar-refractivity contribution in [3.63, 3.8) is 0 Å². The first-order chi connectivity index (χ1) is 8.70. The fourth-order valence-corrected chi connectivity index (χ4v) is 1.51. The van der Waals surface area contributed by atoms with Crippen LogP contribution < -0.4 is 10.1 Å². The van der Waals surface area contributed by atoms with Gasteiger partial charge in [0, 0.05) is 12.3 Å². The third-order valence-corrected chi connectivity index (χ3v) is 2.38. The molecule has 2 N–H and O–H groups in total. The highest BCUT2D eigenvalue weighted by Crippen LogP contribution is 2.25. The number of nitrogens with zero attached hydrogens (tertiary/aromatic N) is 1. The summed E-state index contributed by atoms with van der Waals surface area (Å²) in [5.74, 6) is 0.155. The van der Waals surface area contributed by atoms with E-state index in [9.17, 15) is 4.79 Å². The van der Waals surface area contributed by atoms with Crippen LogP contribution in [0.3, 0.4) is 0 Å². The fraction of sp³-hybridized carbons (Fsp3) is 0.0769. The average Bonchev–Trinajstić information content (AvgIpc) is 2.39. The number of methoxy groups -OCH3 is 1. The Morgan fingerprint density at radius 2 is 2.17 bits per heavy atom. The Bertz CT molecular complexity index is 555. The summed E-state index contributed by atoms with van der Waals surface area (Å²) in [7, 11) is 1.53. The number of aromatic carboxylic acids is 1. The smallest absolute Gasteiger partial charge is 0.337 e. The van der Waals surface area contributed by atoms with Crippen molar-refractivity contribution in [2.45, 2.75) is 0 Å². The van der Waals surface area contributed by atoms with Crippen LogP contribution in [0.1, 0.15) is 10.4 Å². The van der Waals surface area contributed by atoms with Crippen molar-refractivity contribution in [2.24, 2.45) is 0 Å². The SMILES string of the molecule is COc1ccc(C(=O)O)c(Nc2ccccn2)c1. The number of ether oxygens (including phenoxy) is 1. The highest BCUT2D eigenvalue weighted by molar-refractivity contribution is 5.95. The summed E-state index contributed by atoms with van der Waals surface area (Å²) in [4.78, 5) is 15.2. The third-order valence-electron chi connectivity index (χ3n) is 2.38. The molecule has 0 saturated carbocycles. The van der Waals surface area contributed by atoms with Gasteiger partial charge in [-0.1, -0.05) is 6.07 Å². The number of hydrogen-bond donors (Lipinski definition) is 2. The van der Waals surface area contributed by atoms with Gasteiger partial charge in [0.1, 0.15) is 11.6 Å². The molecule has 0 bridgehead atoms. The summed E-state index contributed by atoms with van der Waals surface area (Å²) in [5, 5.41) is 12.1. The van der Waals surface area contributed by atoms with Gasteiger partial charge in [-0.25, -0.2) is 9.78 Å². The Labute approximate surface area is 104 Å². The first kappa shape index (κ1) is 11.9. The van der Waals surface area contributed by atoms with Crippen LogP contribution in [-0.4, -0.2) is 23.2 Å². The fourth-order valence-electron chi connectivity index (χ4n) is 1.51. The molecule has 0 aliphatic carbocycles. The van der Waals surface area contributed by atoms with Gasteiger partial charge in [0.15, 0.2) is 0 Å². The van der Waals surface area contributed by atoms with E-state index in [1.54, 1.807) is 30.5 Å². The minimum atomic E-state index is -1.00. The largest absolute Gasteiger partial charge is 0.497 e. The lowest BCUT2D eigenvalue weighted by Gasteiger charge is -2.10. The van der Waals surface area contributed by atoms with E-state index in [0.717, 1.165) is 0 Å². The van der Waals surface area contributed by atoms with Gasteiger partial charge in [0.25, 0.3) is 0 Å². The van der Waals surface area contributed by atoms with Crippen molar-refractivity contribution in [3.05, 3.63) is 48.2 Å². The van der Waals surface area contributed by atoms with Gasteiger partial charge in [-0.2, -0.15) is 0 Å². The van der Waals surface area contributed by atoms with Gasteiger partial charge < -0.3 is 15.2 Å². The molecule has 0 saturated heterocycles. The Balaban J connectivity index is 2.38. The lowest BCUT2D eigenvalue weighted by Crippen LogP contribution is -2.03.